The molecule has 0 bridgehead atoms. The summed E-state index contributed by atoms with van der Waals surface area (Å²) in [5.74, 6) is -5.28. The molecule has 2 fully saturated rings. The number of amides is 2. The lowest BCUT2D eigenvalue weighted by Crippen LogP contribution is -2.41. The molecule has 0 radical (unpaired) electrons. The Morgan fingerprint density at radius 1 is 1.02 bits per heavy atom. The number of carbonyl (C=O) groups excluding carboxylic acids is 2. The third-order valence-electron chi connectivity index (χ3n) is 8.96. The molecule has 3 aliphatic rings. The van der Waals surface area contributed by atoms with Crippen LogP contribution < -0.4 is 16.7 Å². The number of alkyl halides is 2. The molecule has 0 unspecified atom stereocenters. The monoisotopic (exact) mass is 632 g/mol. The van der Waals surface area contributed by atoms with Gasteiger partial charge in [-0.05, 0) is 41.7 Å². The number of halogens is 2. The fourth-order valence-electron chi connectivity index (χ4n) is 6.83. The molecule has 0 saturated carbocycles. The number of fused-ring (bicyclic) bond motifs is 1. The number of hydrogen-bond donors (Lipinski definition) is 5. The van der Waals surface area contributed by atoms with Gasteiger partial charge in [-0.3, -0.25) is 19.5 Å². The van der Waals surface area contributed by atoms with Gasteiger partial charge in [-0.25, -0.2) is 4.79 Å². The van der Waals surface area contributed by atoms with Crippen molar-refractivity contribution in [3.05, 3.63) is 94.3 Å². The van der Waals surface area contributed by atoms with Crippen molar-refractivity contribution in [3.63, 3.8) is 0 Å². The average Bonchev–Trinajstić information content (AvgIpc) is 3.76. The van der Waals surface area contributed by atoms with E-state index in [0.29, 0.717) is 4.57 Å². The third-order valence-corrected chi connectivity index (χ3v) is 8.96. The minimum Gasteiger partial charge on any atom is -0.394 e. The number of aliphatic hydroxyl groups is 2. The fourth-order valence-corrected chi connectivity index (χ4v) is 6.83. The van der Waals surface area contributed by atoms with Gasteiger partial charge in [-0.2, -0.15) is 13.8 Å². The smallest absolute Gasteiger partial charge is 0.351 e. The quantitative estimate of drug-likeness (QED) is 0.188. The molecule has 0 spiro atoms. The summed E-state index contributed by atoms with van der Waals surface area (Å²) in [5, 5.41) is 22.8. The number of H-pyrrole nitrogens is 1. The van der Waals surface area contributed by atoms with Crippen LogP contribution >= 0.6 is 0 Å². The van der Waals surface area contributed by atoms with Crippen LogP contribution in [0.1, 0.15) is 41.2 Å². The number of aromatic amines is 1. The Morgan fingerprint density at radius 2 is 1.76 bits per heavy atom. The van der Waals surface area contributed by atoms with Crippen LogP contribution in [0.15, 0.2) is 71.9 Å². The number of benzene rings is 2. The van der Waals surface area contributed by atoms with Gasteiger partial charge in [0.2, 0.25) is 18.0 Å². The lowest BCUT2D eigenvalue weighted by molar-refractivity contribution is -0.140. The van der Waals surface area contributed by atoms with E-state index in [1.54, 1.807) is 0 Å². The van der Waals surface area contributed by atoms with Crippen LogP contribution in [-0.4, -0.2) is 65.9 Å². The van der Waals surface area contributed by atoms with Crippen molar-refractivity contribution in [2.24, 2.45) is 0 Å². The molecule has 5 aromatic rings. The number of ether oxygens (including phenoxy) is 1. The van der Waals surface area contributed by atoms with Crippen molar-refractivity contribution in [1.29, 1.82) is 0 Å². The number of hydrogen-bond acceptors (Lipinski definition) is 8. The molecule has 238 valence electrons. The summed E-state index contributed by atoms with van der Waals surface area (Å²) in [6.07, 6.45) is 1.44. The van der Waals surface area contributed by atoms with E-state index >= 15 is 0 Å². The number of aliphatic hydroxyl groups excluding tert-OH is 2. The van der Waals surface area contributed by atoms with Crippen LogP contribution in [0.4, 0.5) is 14.6 Å². The summed E-state index contributed by atoms with van der Waals surface area (Å²) in [5.41, 5.74) is 9.57. The summed E-state index contributed by atoms with van der Waals surface area (Å²) in [7, 11) is 0. The zero-order chi connectivity index (χ0) is 32.3. The molecular weight excluding hydrogens is 602 g/mol. The Kier molecular flexibility index (Phi) is 7.22. The molecule has 8 rings (SSSR count). The SMILES string of the molecule is Nc1ccn([C@@H]2O[C@H](CO)[C@@H](O)C2(F)F)c(=O)n1.O=C1NC(=O)[C@@H](c2cn3c4c(cccc24)CCC3)[C@@H]1c1c[nH]c2ccccc12. The predicted octanol–water partition coefficient (Wildman–Crippen LogP) is 2.30. The summed E-state index contributed by atoms with van der Waals surface area (Å²) < 4.78 is 35.0. The minimum absolute atomic E-state index is 0.114. The number of imide groups is 1. The van der Waals surface area contributed by atoms with E-state index in [-0.39, 0.29) is 17.6 Å². The first-order chi connectivity index (χ1) is 22.1. The number of anilines is 1. The van der Waals surface area contributed by atoms with Gasteiger partial charge in [0.25, 0.3) is 0 Å². The van der Waals surface area contributed by atoms with E-state index in [4.69, 9.17) is 15.6 Å². The normalized spacial score (nSPS) is 25.1. The van der Waals surface area contributed by atoms with Gasteiger partial charge in [0.15, 0.2) is 6.10 Å². The molecule has 5 atom stereocenters. The van der Waals surface area contributed by atoms with Gasteiger partial charge in [0.1, 0.15) is 11.9 Å². The molecule has 14 heteroatoms. The van der Waals surface area contributed by atoms with Gasteiger partial charge in [0, 0.05) is 41.4 Å². The first-order valence-corrected chi connectivity index (χ1v) is 14.8. The van der Waals surface area contributed by atoms with Crippen molar-refractivity contribution in [2.75, 3.05) is 12.3 Å². The maximum atomic E-state index is 13.7. The summed E-state index contributed by atoms with van der Waals surface area (Å²) >= 11 is 0. The van der Waals surface area contributed by atoms with E-state index in [0.717, 1.165) is 59.1 Å². The Morgan fingerprint density at radius 3 is 2.50 bits per heavy atom. The predicted molar refractivity (Wildman–Crippen MR) is 162 cm³/mol. The summed E-state index contributed by atoms with van der Waals surface area (Å²) in [6.45, 7) is 0.165. The van der Waals surface area contributed by atoms with Crippen LogP contribution in [0.2, 0.25) is 0 Å². The maximum Gasteiger partial charge on any atom is 0.351 e. The molecule has 6 heterocycles. The number of nitrogen functional groups attached to an aromatic ring is 1. The molecule has 12 nitrogen and oxygen atoms in total. The van der Waals surface area contributed by atoms with Crippen molar-refractivity contribution in [3.8, 4) is 0 Å². The maximum absolute atomic E-state index is 13.7. The molecule has 2 amide bonds. The lowest BCUT2D eigenvalue weighted by Gasteiger charge is -2.20. The summed E-state index contributed by atoms with van der Waals surface area (Å²) in [6, 6.07) is 15.4. The van der Waals surface area contributed by atoms with Crippen LogP contribution in [0, 0.1) is 0 Å². The topological polar surface area (TPSA) is 177 Å². The molecule has 46 heavy (non-hydrogen) atoms. The second-order valence-electron chi connectivity index (χ2n) is 11.7. The highest BCUT2D eigenvalue weighted by Crippen LogP contribution is 2.44. The van der Waals surface area contributed by atoms with E-state index < -0.39 is 48.5 Å². The van der Waals surface area contributed by atoms with Gasteiger partial charge < -0.3 is 30.2 Å². The number of nitrogens with one attached hydrogen (secondary N) is 2. The number of nitrogens with two attached hydrogens (primary N) is 1. The first-order valence-electron chi connectivity index (χ1n) is 14.8. The van der Waals surface area contributed by atoms with E-state index in [1.807, 2.05) is 30.5 Å². The standard InChI is InChI=1S/C23H19N3O2.C9H11F2N3O4/c27-22-19(16-11-24-18-9-2-1-7-14(16)18)20(23(28)25-22)17-12-26-10-4-6-13-5-3-8-15(17)21(13)26;10-9(11)6(16)4(3-15)18-7(9)14-2-1-5(12)13-8(14)17/h1-3,5,7-9,11-12,19-20,24H,4,6,10H2,(H,25,27,28);1-2,4,6-7,15-16H,3H2,(H2,12,13,17)/t19-,20-;4-,6-,7-/m01/s1. The average molecular weight is 633 g/mol. The van der Waals surface area contributed by atoms with Gasteiger partial charge in [-0.1, -0.05) is 36.4 Å². The van der Waals surface area contributed by atoms with Crippen LogP contribution in [0.25, 0.3) is 21.8 Å². The minimum atomic E-state index is -3.71. The number of nitrogens with zero attached hydrogens (tertiary/aromatic N) is 3. The van der Waals surface area contributed by atoms with E-state index in [2.05, 4.69) is 44.2 Å². The molecule has 3 aromatic heterocycles. The zero-order valence-corrected chi connectivity index (χ0v) is 24.3. The van der Waals surface area contributed by atoms with Gasteiger partial charge in [-0.15, -0.1) is 0 Å². The third kappa shape index (κ3) is 4.68. The Hall–Kier alpha value is -4.92. The van der Waals surface area contributed by atoms with Crippen LogP contribution in [0.5, 0.6) is 0 Å². The highest BCUT2D eigenvalue weighted by atomic mass is 19.3. The second kappa shape index (κ2) is 11.2. The van der Waals surface area contributed by atoms with Crippen LogP contribution in [0.3, 0.4) is 0 Å². The second-order valence-corrected chi connectivity index (χ2v) is 11.7. The molecule has 3 aliphatic heterocycles. The summed E-state index contributed by atoms with van der Waals surface area (Å²) in [4.78, 5) is 43.7. The highest BCUT2D eigenvalue weighted by Gasteiger charge is 2.59. The van der Waals surface area contributed by atoms with Crippen molar-refractivity contribution in [1.82, 2.24) is 24.4 Å². The number of aromatic nitrogens is 4. The fraction of sp³-hybridized carbons (Fsp3) is 0.312. The lowest BCUT2D eigenvalue weighted by atomic mass is 9.83. The number of aryl methyl sites for hydroxylation is 2. The van der Waals surface area contributed by atoms with Gasteiger partial charge >= 0.3 is 11.6 Å². The number of carbonyl (C=O) groups is 2. The Labute approximate surface area is 259 Å². The molecule has 2 aromatic carbocycles. The molecule has 6 N–H and O–H groups in total. The van der Waals surface area contributed by atoms with Gasteiger partial charge in [0.05, 0.1) is 24.0 Å². The Bertz CT molecular complexity index is 2050. The highest BCUT2D eigenvalue weighted by molar-refractivity contribution is 6.13. The Balaban J connectivity index is 0.000000163. The van der Waals surface area contributed by atoms with Crippen molar-refractivity contribution in [2.45, 2.75) is 55.6 Å². The van der Waals surface area contributed by atoms with Crippen LogP contribution in [-0.2, 0) is 27.3 Å². The first kappa shape index (κ1) is 29.8. The molecule has 2 saturated heterocycles. The molecular formula is C32H30F2N6O6. The zero-order valence-electron chi connectivity index (χ0n) is 24.3. The number of rotatable bonds is 4. The molecule has 0 aliphatic carbocycles. The number of para-hydroxylation sites is 2. The van der Waals surface area contributed by atoms with E-state index in [9.17, 15) is 28.3 Å². The van der Waals surface area contributed by atoms with Crippen molar-refractivity contribution >= 4 is 39.4 Å². The van der Waals surface area contributed by atoms with E-state index in [1.165, 1.54) is 11.1 Å². The van der Waals surface area contributed by atoms with Crippen molar-refractivity contribution < 1.29 is 33.3 Å². The largest absolute Gasteiger partial charge is 0.394 e.